The highest BCUT2D eigenvalue weighted by molar-refractivity contribution is 7.90. The van der Waals surface area contributed by atoms with Crippen molar-refractivity contribution in [2.75, 3.05) is 19.0 Å². The monoisotopic (exact) mass is 439 g/mol. The van der Waals surface area contributed by atoms with Gasteiger partial charge < -0.3 is 15.4 Å². The third kappa shape index (κ3) is 3.91. The molecule has 3 aromatic rings. The summed E-state index contributed by atoms with van der Waals surface area (Å²) in [5.74, 6) is -0.146. The molecule has 1 aliphatic rings. The van der Waals surface area contributed by atoms with Crippen molar-refractivity contribution >= 4 is 27.5 Å². The molecule has 160 valence electrons. The summed E-state index contributed by atoms with van der Waals surface area (Å²) < 4.78 is 32.1. The number of benzene rings is 2. The van der Waals surface area contributed by atoms with Crippen LogP contribution in [0.2, 0.25) is 0 Å². The second-order valence-corrected chi connectivity index (χ2v) is 9.01. The van der Waals surface area contributed by atoms with E-state index < -0.39 is 15.9 Å². The molecule has 4 rings (SSSR count). The Labute approximate surface area is 179 Å². The van der Waals surface area contributed by atoms with E-state index in [0.717, 1.165) is 15.3 Å². The molecule has 1 aromatic heterocycles. The number of nitrogens with one attached hydrogen (secondary N) is 2. The van der Waals surface area contributed by atoms with E-state index in [0.29, 0.717) is 18.5 Å². The van der Waals surface area contributed by atoms with E-state index >= 15 is 0 Å². The first kappa shape index (κ1) is 20.7. The van der Waals surface area contributed by atoms with Gasteiger partial charge in [-0.1, -0.05) is 12.1 Å². The van der Waals surface area contributed by atoms with Crippen LogP contribution in [0.15, 0.2) is 59.6 Å². The van der Waals surface area contributed by atoms with Crippen molar-refractivity contribution in [3.8, 4) is 5.75 Å². The molecule has 0 saturated carbocycles. The van der Waals surface area contributed by atoms with Crippen molar-refractivity contribution in [1.29, 1.82) is 0 Å². The number of aryl methyl sites for hydroxylation is 1. The van der Waals surface area contributed by atoms with Crippen LogP contribution in [-0.2, 0) is 16.4 Å². The summed E-state index contributed by atoms with van der Waals surface area (Å²) in [6, 6.07) is 13.2. The van der Waals surface area contributed by atoms with Gasteiger partial charge in [0.1, 0.15) is 16.3 Å². The summed E-state index contributed by atoms with van der Waals surface area (Å²) in [5, 5.41) is 5.42. The Kier molecular flexibility index (Phi) is 5.28. The maximum atomic E-state index is 13.0. The number of carbonyl (C=O) groups excluding carboxylic acids is 2. The summed E-state index contributed by atoms with van der Waals surface area (Å²) in [6.45, 7) is 2.11. The number of aromatic nitrogens is 1. The summed E-state index contributed by atoms with van der Waals surface area (Å²) in [7, 11) is -2.36. The van der Waals surface area contributed by atoms with E-state index in [-0.39, 0.29) is 27.7 Å². The average molecular weight is 439 g/mol. The molecule has 0 fully saturated rings. The molecule has 0 unspecified atom stereocenters. The van der Waals surface area contributed by atoms with Crippen LogP contribution in [0.4, 0.5) is 5.69 Å². The molecule has 0 spiro atoms. The zero-order valence-corrected chi connectivity index (χ0v) is 17.8. The Morgan fingerprint density at radius 3 is 2.58 bits per heavy atom. The first-order valence-electron chi connectivity index (χ1n) is 9.60. The number of hydrogen-bond acceptors (Lipinski definition) is 5. The molecule has 0 aliphatic carbocycles. The Hall–Kier alpha value is -3.59. The maximum absolute atomic E-state index is 13.0. The van der Waals surface area contributed by atoms with Crippen LogP contribution in [-0.4, -0.2) is 37.9 Å². The molecule has 0 bridgehead atoms. The third-order valence-corrected chi connectivity index (χ3v) is 6.77. The van der Waals surface area contributed by atoms with Gasteiger partial charge in [0.2, 0.25) is 0 Å². The fourth-order valence-electron chi connectivity index (χ4n) is 3.44. The smallest absolute Gasteiger partial charge is 0.273 e. The second kappa shape index (κ2) is 7.92. The van der Waals surface area contributed by atoms with Crippen molar-refractivity contribution < 1.29 is 22.7 Å². The fraction of sp³-hybridized carbons (Fsp3) is 0.182. The average Bonchev–Trinajstić information content (AvgIpc) is 3.14. The minimum atomic E-state index is -3.96. The number of fused-ring (bicyclic) bond motifs is 2. The Balaban J connectivity index is 1.52. The topological polar surface area (TPSA) is 106 Å². The maximum Gasteiger partial charge on any atom is 0.273 e. The summed E-state index contributed by atoms with van der Waals surface area (Å²) in [5.41, 5.74) is 2.06. The number of ether oxygens (including phenoxy) is 1. The lowest BCUT2D eigenvalue weighted by Gasteiger charge is -2.11. The van der Waals surface area contributed by atoms with Gasteiger partial charge in [0.25, 0.3) is 21.8 Å². The molecule has 0 radical (unpaired) electrons. The Morgan fingerprint density at radius 1 is 1.13 bits per heavy atom. The van der Waals surface area contributed by atoms with Crippen LogP contribution in [0.5, 0.6) is 5.75 Å². The number of nitrogens with zero attached hydrogens (tertiary/aromatic N) is 1. The molecular weight excluding hydrogens is 418 g/mol. The lowest BCUT2D eigenvalue weighted by molar-refractivity contribution is 0.0952. The van der Waals surface area contributed by atoms with Crippen molar-refractivity contribution in [1.82, 2.24) is 9.29 Å². The van der Waals surface area contributed by atoms with Crippen LogP contribution < -0.4 is 15.4 Å². The van der Waals surface area contributed by atoms with Gasteiger partial charge in [-0.3, -0.25) is 9.59 Å². The van der Waals surface area contributed by atoms with Gasteiger partial charge in [-0.15, -0.1) is 0 Å². The lowest BCUT2D eigenvalue weighted by atomic mass is 10.1. The minimum absolute atomic E-state index is 0.0270. The molecule has 8 nitrogen and oxygen atoms in total. The van der Waals surface area contributed by atoms with Crippen LogP contribution >= 0.6 is 0 Å². The van der Waals surface area contributed by atoms with Crippen LogP contribution in [0.3, 0.4) is 0 Å². The summed E-state index contributed by atoms with van der Waals surface area (Å²) in [4.78, 5) is 25.0. The van der Waals surface area contributed by atoms with Crippen LogP contribution in [0.1, 0.15) is 32.0 Å². The largest absolute Gasteiger partial charge is 0.497 e. The quantitative estimate of drug-likeness (QED) is 0.636. The fourth-order valence-corrected chi connectivity index (χ4v) is 4.98. The second-order valence-electron chi connectivity index (χ2n) is 7.22. The van der Waals surface area contributed by atoms with E-state index in [2.05, 4.69) is 10.6 Å². The van der Waals surface area contributed by atoms with Crippen molar-refractivity contribution in [3.05, 3.63) is 77.1 Å². The molecular formula is C22H21N3O5S. The highest BCUT2D eigenvalue weighted by Gasteiger charge is 2.31. The predicted molar refractivity (Wildman–Crippen MR) is 115 cm³/mol. The highest BCUT2D eigenvalue weighted by atomic mass is 32.2. The number of rotatable bonds is 5. The molecule has 2 N–H and O–H groups in total. The number of methoxy groups -OCH3 is 1. The van der Waals surface area contributed by atoms with E-state index in [1.165, 1.54) is 30.5 Å². The standard InChI is InChI=1S/C22H21N3O5S/c1-14-11-19-22(27)24-18-12-16(5-8-20(18)31(28,29)25(19)13-14)21(26)23-10-9-15-3-6-17(30-2)7-4-15/h3-8,11-13H,9-10H2,1-2H3,(H,23,26)(H,24,27). The van der Waals surface area contributed by atoms with Crippen molar-refractivity contribution in [2.45, 2.75) is 18.2 Å². The van der Waals surface area contributed by atoms with Gasteiger partial charge in [0.05, 0.1) is 12.8 Å². The van der Waals surface area contributed by atoms with E-state index in [4.69, 9.17) is 4.74 Å². The van der Waals surface area contributed by atoms with Crippen LogP contribution in [0, 0.1) is 6.92 Å². The van der Waals surface area contributed by atoms with Gasteiger partial charge in [-0.25, -0.2) is 12.4 Å². The zero-order chi connectivity index (χ0) is 22.2. The number of carbonyl (C=O) groups is 2. The van der Waals surface area contributed by atoms with E-state index in [1.54, 1.807) is 14.0 Å². The third-order valence-electron chi connectivity index (χ3n) is 5.04. The molecule has 1 aliphatic heterocycles. The van der Waals surface area contributed by atoms with E-state index in [9.17, 15) is 18.0 Å². The summed E-state index contributed by atoms with van der Waals surface area (Å²) in [6.07, 6.45) is 2.03. The van der Waals surface area contributed by atoms with Gasteiger partial charge in [0.15, 0.2) is 0 Å². The van der Waals surface area contributed by atoms with Crippen molar-refractivity contribution in [3.63, 3.8) is 0 Å². The van der Waals surface area contributed by atoms with Crippen molar-refractivity contribution in [2.24, 2.45) is 0 Å². The van der Waals surface area contributed by atoms with Gasteiger partial charge >= 0.3 is 0 Å². The van der Waals surface area contributed by atoms with Gasteiger partial charge in [-0.05, 0) is 60.9 Å². The Bertz CT molecular complexity index is 1280. The lowest BCUT2D eigenvalue weighted by Crippen LogP contribution is -2.26. The number of hydrogen-bond donors (Lipinski definition) is 2. The summed E-state index contributed by atoms with van der Waals surface area (Å²) >= 11 is 0. The molecule has 2 heterocycles. The molecule has 2 aromatic carbocycles. The minimum Gasteiger partial charge on any atom is -0.497 e. The van der Waals surface area contributed by atoms with Gasteiger partial charge in [-0.2, -0.15) is 0 Å². The number of amides is 2. The predicted octanol–water partition coefficient (Wildman–Crippen LogP) is 2.58. The molecule has 9 heteroatoms. The van der Waals surface area contributed by atoms with Crippen LogP contribution in [0.25, 0.3) is 0 Å². The first-order chi connectivity index (χ1) is 14.8. The SMILES string of the molecule is COc1ccc(CCNC(=O)c2ccc3c(c2)NC(=O)c2cc(C)cn2S3(=O)=O)cc1. The first-order valence-corrected chi connectivity index (χ1v) is 11.0. The number of anilines is 1. The molecule has 2 amide bonds. The molecule has 0 saturated heterocycles. The van der Waals surface area contributed by atoms with Gasteiger partial charge in [0, 0.05) is 18.3 Å². The molecule has 31 heavy (non-hydrogen) atoms. The molecule has 0 atom stereocenters. The zero-order valence-electron chi connectivity index (χ0n) is 17.0. The normalized spacial score (nSPS) is 14.1. The van der Waals surface area contributed by atoms with E-state index in [1.807, 2.05) is 24.3 Å². The highest BCUT2D eigenvalue weighted by Crippen LogP contribution is 2.30. The Morgan fingerprint density at radius 2 is 1.87 bits per heavy atom.